The summed E-state index contributed by atoms with van der Waals surface area (Å²) in [4.78, 5) is 0. The van der Waals surface area contributed by atoms with Gasteiger partial charge in [-0.3, -0.25) is 0 Å². The summed E-state index contributed by atoms with van der Waals surface area (Å²) >= 11 is 0. The van der Waals surface area contributed by atoms with Crippen LogP contribution >= 0.6 is 0 Å². The SMILES string of the molecule is CNCc1ccccc1OCCC1CC1. The summed E-state index contributed by atoms with van der Waals surface area (Å²) in [6, 6.07) is 8.26. The highest BCUT2D eigenvalue weighted by atomic mass is 16.5. The molecule has 0 aromatic heterocycles. The Morgan fingerprint density at radius 3 is 2.87 bits per heavy atom. The minimum atomic E-state index is 0.866. The van der Waals surface area contributed by atoms with E-state index in [-0.39, 0.29) is 0 Å². The van der Waals surface area contributed by atoms with Crippen molar-refractivity contribution in [3.05, 3.63) is 29.8 Å². The van der Waals surface area contributed by atoms with Crippen LogP contribution in [0.5, 0.6) is 5.75 Å². The highest BCUT2D eigenvalue weighted by molar-refractivity contribution is 5.33. The zero-order chi connectivity index (χ0) is 10.5. The number of para-hydroxylation sites is 1. The molecule has 0 aliphatic heterocycles. The second kappa shape index (κ2) is 5.17. The van der Waals surface area contributed by atoms with Gasteiger partial charge in [0.25, 0.3) is 0 Å². The van der Waals surface area contributed by atoms with E-state index in [4.69, 9.17) is 4.74 Å². The average Bonchev–Trinajstić information content (AvgIpc) is 3.05. The van der Waals surface area contributed by atoms with Crippen LogP contribution in [0.4, 0.5) is 0 Å². The topological polar surface area (TPSA) is 21.3 Å². The summed E-state index contributed by atoms with van der Waals surface area (Å²) in [5.41, 5.74) is 1.25. The molecule has 0 atom stereocenters. The van der Waals surface area contributed by atoms with Gasteiger partial charge in [-0.25, -0.2) is 0 Å². The van der Waals surface area contributed by atoms with Gasteiger partial charge < -0.3 is 10.1 Å². The molecule has 1 aliphatic rings. The van der Waals surface area contributed by atoms with E-state index in [0.29, 0.717) is 0 Å². The van der Waals surface area contributed by atoms with Crippen molar-refractivity contribution >= 4 is 0 Å². The Hall–Kier alpha value is -1.02. The first-order chi connectivity index (χ1) is 7.40. The predicted molar refractivity (Wildman–Crippen MR) is 62.0 cm³/mol. The van der Waals surface area contributed by atoms with Crippen molar-refractivity contribution in [1.82, 2.24) is 5.32 Å². The van der Waals surface area contributed by atoms with Crippen LogP contribution < -0.4 is 10.1 Å². The number of nitrogens with one attached hydrogen (secondary N) is 1. The Bertz CT molecular complexity index is 307. The van der Waals surface area contributed by atoms with E-state index in [0.717, 1.165) is 24.8 Å². The second-order valence-electron chi connectivity index (χ2n) is 4.22. The fourth-order valence-corrected chi connectivity index (χ4v) is 1.72. The highest BCUT2D eigenvalue weighted by Crippen LogP contribution is 2.32. The van der Waals surface area contributed by atoms with Crippen LogP contribution in [-0.4, -0.2) is 13.7 Å². The molecule has 0 radical (unpaired) electrons. The van der Waals surface area contributed by atoms with Crippen LogP contribution in [0.15, 0.2) is 24.3 Å². The lowest BCUT2D eigenvalue weighted by molar-refractivity contribution is 0.299. The van der Waals surface area contributed by atoms with Crippen LogP contribution in [0.2, 0.25) is 0 Å². The number of benzene rings is 1. The van der Waals surface area contributed by atoms with Crippen LogP contribution in [0.25, 0.3) is 0 Å². The first-order valence-electron chi connectivity index (χ1n) is 5.75. The summed E-state index contributed by atoms with van der Waals surface area (Å²) in [6.07, 6.45) is 4.02. The standard InChI is InChI=1S/C13H19NO/c1-14-10-12-4-2-3-5-13(12)15-9-8-11-6-7-11/h2-5,11,14H,6-10H2,1H3. The second-order valence-corrected chi connectivity index (χ2v) is 4.22. The average molecular weight is 205 g/mol. The lowest BCUT2D eigenvalue weighted by Crippen LogP contribution is -2.08. The van der Waals surface area contributed by atoms with Gasteiger partial charge in [-0.15, -0.1) is 0 Å². The van der Waals surface area contributed by atoms with Crippen molar-refractivity contribution in [3.8, 4) is 5.75 Å². The van der Waals surface area contributed by atoms with E-state index < -0.39 is 0 Å². The fourth-order valence-electron chi connectivity index (χ4n) is 1.72. The Morgan fingerprint density at radius 1 is 1.33 bits per heavy atom. The number of hydrogen-bond acceptors (Lipinski definition) is 2. The van der Waals surface area contributed by atoms with Crippen LogP contribution in [0.3, 0.4) is 0 Å². The van der Waals surface area contributed by atoms with E-state index in [1.54, 1.807) is 0 Å². The zero-order valence-electron chi connectivity index (χ0n) is 9.33. The molecule has 1 aromatic rings. The summed E-state index contributed by atoms with van der Waals surface area (Å²) in [6.45, 7) is 1.74. The summed E-state index contributed by atoms with van der Waals surface area (Å²) in [7, 11) is 1.96. The summed E-state index contributed by atoms with van der Waals surface area (Å²) in [5.74, 6) is 1.98. The lowest BCUT2D eigenvalue weighted by Gasteiger charge is -2.10. The van der Waals surface area contributed by atoms with Gasteiger partial charge in [-0.1, -0.05) is 31.0 Å². The maximum atomic E-state index is 5.80. The molecule has 0 heterocycles. The van der Waals surface area contributed by atoms with Gasteiger partial charge in [0, 0.05) is 12.1 Å². The minimum Gasteiger partial charge on any atom is -0.493 e. The van der Waals surface area contributed by atoms with Crippen molar-refractivity contribution in [1.29, 1.82) is 0 Å². The first kappa shape index (κ1) is 10.5. The molecular weight excluding hydrogens is 186 g/mol. The molecule has 0 saturated heterocycles. The molecule has 1 fully saturated rings. The lowest BCUT2D eigenvalue weighted by atomic mass is 10.2. The van der Waals surface area contributed by atoms with E-state index >= 15 is 0 Å². The fraction of sp³-hybridized carbons (Fsp3) is 0.538. The third-order valence-corrected chi connectivity index (χ3v) is 2.82. The molecule has 0 bridgehead atoms. The van der Waals surface area contributed by atoms with Crippen molar-refractivity contribution in [3.63, 3.8) is 0 Å². The Kier molecular flexibility index (Phi) is 3.62. The molecule has 1 N–H and O–H groups in total. The van der Waals surface area contributed by atoms with Crippen LogP contribution in [0.1, 0.15) is 24.8 Å². The molecule has 0 amide bonds. The number of hydrogen-bond donors (Lipinski definition) is 1. The van der Waals surface area contributed by atoms with Crippen LogP contribution in [-0.2, 0) is 6.54 Å². The van der Waals surface area contributed by atoms with Gasteiger partial charge >= 0.3 is 0 Å². The maximum absolute atomic E-state index is 5.80. The number of rotatable bonds is 6. The van der Waals surface area contributed by atoms with Crippen molar-refractivity contribution in [2.45, 2.75) is 25.8 Å². The third-order valence-electron chi connectivity index (χ3n) is 2.82. The Balaban J connectivity index is 1.86. The first-order valence-corrected chi connectivity index (χ1v) is 5.75. The monoisotopic (exact) mass is 205 g/mol. The largest absolute Gasteiger partial charge is 0.493 e. The van der Waals surface area contributed by atoms with E-state index in [1.807, 2.05) is 13.1 Å². The van der Waals surface area contributed by atoms with Gasteiger partial charge in [0.1, 0.15) is 5.75 Å². The van der Waals surface area contributed by atoms with Gasteiger partial charge in [0.05, 0.1) is 6.61 Å². The van der Waals surface area contributed by atoms with Crippen molar-refractivity contribution in [2.75, 3.05) is 13.7 Å². The zero-order valence-corrected chi connectivity index (χ0v) is 9.33. The van der Waals surface area contributed by atoms with Gasteiger partial charge in [0.2, 0.25) is 0 Å². The van der Waals surface area contributed by atoms with Crippen molar-refractivity contribution in [2.24, 2.45) is 5.92 Å². The molecule has 15 heavy (non-hydrogen) atoms. The maximum Gasteiger partial charge on any atom is 0.123 e. The number of ether oxygens (including phenoxy) is 1. The quantitative estimate of drug-likeness (QED) is 0.770. The molecule has 1 aliphatic carbocycles. The Morgan fingerprint density at radius 2 is 2.13 bits per heavy atom. The summed E-state index contributed by atoms with van der Waals surface area (Å²) < 4.78 is 5.80. The molecule has 82 valence electrons. The van der Waals surface area contributed by atoms with E-state index in [9.17, 15) is 0 Å². The van der Waals surface area contributed by atoms with Gasteiger partial charge in [-0.05, 0) is 25.5 Å². The highest BCUT2D eigenvalue weighted by Gasteiger charge is 2.20. The molecule has 2 nitrogen and oxygen atoms in total. The molecule has 2 rings (SSSR count). The molecule has 2 heteroatoms. The normalized spacial score (nSPS) is 15.3. The molecular formula is C13H19NO. The summed E-state index contributed by atoms with van der Waals surface area (Å²) in [5, 5.41) is 3.16. The van der Waals surface area contributed by atoms with Crippen molar-refractivity contribution < 1.29 is 4.74 Å². The van der Waals surface area contributed by atoms with Gasteiger partial charge in [0.15, 0.2) is 0 Å². The van der Waals surface area contributed by atoms with E-state index in [2.05, 4.69) is 23.5 Å². The predicted octanol–water partition coefficient (Wildman–Crippen LogP) is 2.58. The third kappa shape index (κ3) is 3.24. The Labute approximate surface area is 91.6 Å². The molecule has 1 saturated carbocycles. The van der Waals surface area contributed by atoms with Crippen LogP contribution in [0, 0.1) is 5.92 Å². The smallest absolute Gasteiger partial charge is 0.123 e. The minimum absolute atomic E-state index is 0.866. The van der Waals surface area contributed by atoms with Gasteiger partial charge in [-0.2, -0.15) is 0 Å². The molecule has 0 spiro atoms. The van der Waals surface area contributed by atoms with E-state index in [1.165, 1.54) is 24.8 Å². The molecule has 0 unspecified atom stereocenters. The molecule has 1 aromatic carbocycles.